The average Bonchev–Trinajstić information content (AvgIpc) is 2.82. The molecule has 28 heavy (non-hydrogen) atoms. The van der Waals surface area contributed by atoms with Gasteiger partial charge in [-0.3, -0.25) is 4.98 Å². The molecular weight excluding hydrogens is 346 g/mol. The first-order chi connectivity index (χ1) is 13.4. The summed E-state index contributed by atoms with van der Waals surface area (Å²) in [6.45, 7) is 9.06. The molecule has 148 valence electrons. The molecule has 1 atom stereocenters. The summed E-state index contributed by atoms with van der Waals surface area (Å²) in [5, 5.41) is 13.2. The van der Waals surface area contributed by atoms with E-state index >= 15 is 0 Å². The molecule has 0 saturated heterocycles. The first-order valence-electron chi connectivity index (χ1n) is 10.3. The molecule has 1 aliphatic rings. The molecule has 1 N–H and O–H groups in total. The molecule has 0 radical (unpaired) electrons. The zero-order valence-electron chi connectivity index (χ0n) is 17.4. The first kappa shape index (κ1) is 19.2. The Balaban J connectivity index is 1.88. The Bertz CT molecular complexity index is 976. The highest BCUT2D eigenvalue weighted by Crippen LogP contribution is 2.36. The van der Waals surface area contributed by atoms with E-state index < -0.39 is 5.60 Å². The van der Waals surface area contributed by atoms with E-state index in [4.69, 9.17) is 0 Å². The second-order valence-corrected chi connectivity index (χ2v) is 8.65. The summed E-state index contributed by atoms with van der Waals surface area (Å²) in [5.41, 5.74) is 5.38. The lowest BCUT2D eigenvalue weighted by molar-refractivity contribution is -0.0261. The molecule has 4 rings (SSSR count). The third-order valence-electron chi connectivity index (χ3n) is 6.45. The van der Waals surface area contributed by atoms with E-state index in [1.165, 1.54) is 27.7 Å². The minimum atomic E-state index is -0.939. The molecule has 0 spiro atoms. The van der Waals surface area contributed by atoms with Crippen LogP contribution in [-0.4, -0.2) is 39.7 Å². The molecule has 3 heterocycles. The number of aromatic nitrogens is 2. The normalized spacial score (nSPS) is 17.5. The Morgan fingerprint density at radius 3 is 2.54 bits per heavy atom. The molecule has 0 bridgehead atoms. The summed E-state index contributed by atoms with van der Waals surface area (Å²) in [6, 6.07) is 10.6. The van der Waals surface area contributed by atoms with E-state index in [1.807, 2.05) is 12.1 Å². The van der Waals surface area contributed by atoms with Gasteiger partial charge in [0.2, 0.25) is 0 Å². The Morgan fingerprint density at radius 1 is 1.11 bits per heavy atom. The van der Waals surface area contributed by atoms with Crippen molar-refractivity contribution in [2.24, 2.45) is 5.92 Å². The van der Waals surface area contributed by atoms with Crippen molar-refractivity contribution >= 4 is 10.9 Å². The summed E-state index contributed by atoms with van der Waals surface area (Å²) >= 11 is 0. The van der Waals surface area contributed by atoms with Crippen LogP contribution in [0.3, 0.4) is 0 Å². The fraction of sp³-hybridized carbons (Fsp3) is 0.458. The SMILES string of the molecule is Cc1ccc2c(c1)c1c(n2CC(O)(c2ccncc2)C(C)C)CCN(C)CC1. The number of fused-ring (bicyclic) bond motifs is 3. The van der Waals surface area contributed by atoms with Gasteiger partial charge in [-0.1, -0.05) is 25.5 Å². The zero-order chi connectivity index (χ0) is 19.9. The Kier molecular flexibility index (Phi) is 5.02. The van der Waals surface area contributed by atoms with Crippen molar-refractivity contribution in [3.63, 3.8) is 0 Å². The molecule has 1 aromatic carbocycles. The van der Waals surface area contributed by atoms with Gasteiger partial charge in [-0.05, 0) is 61.7 Å². The van der Waals surface area contributed by atoms with Crippen molar-refractivity contribution in [3.05, 3.63) is 65.1 Å². The second-order valence-electron chi connectivity index (χ2n) is 8.65. The lowest BCUT2D eigenvalue weighted by Crippen LogP contribution is -2.37. The highest BCUT2D eigenvalue weighted by molar-refractivity contribution is 5.86. The topological polar surface area (TPSA) is 41.3 Å². The van der Waals surface area contributed by atoms with Crippen LogP contribution in [0.4, 0.5) is 0 Å². The van der Waals surface area contributed by atoms with Crippen molar-refractivity contribution in [1.29, 1.82) is 0 Å². The summed E-state index contributed by atoms with van der Waals surface area (Å²) < 4.78 is 2.39. The van der Waals surface area contributed by atoms with Crippen LogP contribution in [0.5, 0.6) is 0 Å². The molecule has 4 heteroatoms. The molecule has 0 amide bonds. The average molecular weight is 378 g/mol. The van der Waals surface area contributed by atoms with E-state index in [9.17, 15) is 5.11 Å². The number of pyridine rings is 1. The maximum Gasteiger partial charge on any atom is 0.110 e. The van der Waals surface area contributed by atoms with Crippen LogP contribution >= 0.6 is 0 Å². The monoisotopic (exact) mass is 377 g/mol. The van der Waals surface area contributed by atoms with Gasteiger partial charge in [0.1, 0.15) is 5.60 Å². The Morgan fingerprint density at radius 2 is 1.82 bits per heavy atom. The molecule has 1 aliphatic heterocycles. The number of nitrogens with zero attached hydrogens (tertiary/aromatic N) is 3. The van der Waals surface area contributed by atoms with Crippen molar-refractivity contribution in [3.8, 4) is 0 Å². The van der Waals surface area contributed by atoms with Gasteiger partial charge in [-0.15, -0.1) is 0 Å². The van der Waals surface area contributed by atoms with Crippen molar-refractivity contribution in [2.45, 2.75) is 45.8 Å². The van der Waals surface area contributed by atoms with Crippen molar-refractivity contribution in [2.75, 3.05) is 20.1 Å². The number of aliphatic hydroxyl groups is 1. The predicted molar refractivity (Wildman–Crippen MR) is 115 cm³/mol. The minimum Gasteiger partial charge on any atom is -0.383 e. The van der Waals surface area contributed by atoms with Crippen molar-refractivity contribution < 1.29 is 5.11 Å². The number of likely N-dealkylation sites (N-methyl/N-ethyl adjacent to an activating group) is 1. The van der Waals surface area contributed by atoms with Gasteiger partial charge in [-0.25, -0.2) is 0 Å². The maximum absolute atomic E-state index is 11.8. The van der Waals surface area contributed by atoms with Crippen LogP contribution < -0.4 is 0 Å². The van der Waals surface area contributed by atoms with Crippen molar-refractivity contribution in [1.82, 2.24) is 14.5 Å². The highest BCUT2D eigenvalue weighted by atomic mass is 16.3. The van der Waals surface area contributed by atoms with E-state index in [1.54, 1.807) is 12.4 Å². The summed E-state index contributed by atoms with van der Waals surface area (Å²) in [4.78, 5) is 6.55. The number of hydrogen-bond acceptors (Lipinski definition) is 3. The Labute approximate surface area is 167 Å². The van der Waals surface area contributed by atoms with Crippen LogP contribution in [0.1, 0.15) is 36.2 Å². The summed E-state index contributed by atoms with van der Waals surface area (Å²) in [7, 11) is 2.20. The Hall–Kier alpha value is -2.17. The fourth-order valence-electron chi connectivity index (χ4n) is 4.54. The number of rotatable bonds is 4. The molecule has 3 aromatic rings. The quantitative estimate of drug-likeness (QED) is 0.749. The van der Waals surface area contributed by atoms with Crippen LogP contribution in [0.15, 0.2) is 42.7 Å². The minimum absolute atomic E-state index is 0.0851. The molecule has 1 unspecified atom stereocenters. The lowest BCUT2D eigenvalue weighted by Gasteiger charge is -2.34. The lowest BCUT2D eigenvalue weighted by atomic mass is 9.83. The van der Waals surface area contributed by atoms with Crippen LogP contribution in [0, 0.1) is 12.8 Å². The van der Waals surface area contributed by atoms with Crippen LogP contribution in [0.2, 0.25) is 0 Å². The van der Waals surface area contributed by atoms with Gasteiger partial charge in [0.25, 0.3) is 0 Å². The third kappa shape index (κ3) is 3.25. The van der Waals surface area contributed by atoms with Gasteiger partial charge in [0.05, 0.1) is 6.54 Å². The van der Waals surface area contributed by atoms with Gasteiger partial charge < -0.3 is 14.6 Å². The van der Waals surface area contributed by atoms with Crippen LogP contribution in [0.25, 0.3) is 10.9 Å². The maximum atomic E-state index is 11.8. The van der Waals surface area contributed by atoms with E-state index in [0.29, 0.717) is 6.54 Å². The van der Waals surface area contributed by atoms with Gasteiger partial charge in [0, 0.05) is 48.5 Å². The van der Waals surface area contributed by atoms with Gasteiger partial charge in [-0.2, -0.15) is 0 Å². The standard InChI is InChI=1S/C24H31N3O/c1-17(2)24(28,19-7-11-25-12-8-19)16-27-22-6-5-18(3)15-21(22)20-9-13-26(4)14-10-23(20)27/h5-8,11-12,15,17,28H,9-10,13-14,16H2,1-4H3. The predicted octanol–water partition coefficient (Wildman–Crippen LogP) is 3.92. The number of hydrogen-bond donors (Lipinski definition) is 1. The second kappa shape index (κ2) is 7.34. The van der Waals surface area contributed by atoms with Gasteiger partial charge in [0.15, 0.2) is 0 Å². The number of aryl methyl sites for hydroxylation is 1. The highest BCUT2D eigenvalue weighted by Gasteiger charge is 2.35. The molecule has 4 nitrogen and oxygen atoms in total. The van der Waals surface area contributed by atoms with Crippen LogP contribution in [-0.2, 0) is 25.0 Å². The molecule has 0 fully saturated rings. The first-order valence-corrected chi connectivity index (χ1v) is 10.3. The zero-order valence-corrected chi connectivity index (χ0v) is 17.4. The fourth-order valence-corrected chi connectivity index (χ4v) is 4.54. The number of benzene rings is 1. The smallest absolute Gasteiger partial charge is 0.110 e. The summed E-state index contributed by atoms with van der Waals surface area (Å²) in [5.74, 6) is 0.0851. The van der Waals surface area contributed by atoms with Gasteiger partial charge >= 0.3 is 0 Å². The van der Waals surface area contributed by atoms with E-state index in [0.717, 1.165) is 31.5 Å². The molecule has 0 saturated carbocycles. The molecule has 2 aromatic heterocycles. The summed E-state index contributed by atoms with van der Waals surface area (Å²) in [6.07, 6.45) is 5.63. The molecular formula is C24H31N3O. The third-order valence-corrected chi connectivity index (χ3v) is 6.45. The molecule has 0 aliphatic carbocycles. The van der Waals surface area contributed by atoms with E-state index in [-0.39, 0.29) is 5.92 Å². The van der Waals surface area contributed by atoms with E-state index in [2.05, 4.69) is 60.5 Å². The largest absolute Gasteiger partial charge is 0.383 e.